The van der Waals surface area contributed by atoms with Crippen LogP contribution in [-0.4, -0.2) is 39.9 Å². The number of nitrogens with zero attached hydrogens (tertiary/aromatic N) is 5. The molecule has 2 aromatic carbocycles. The molecule has 8 nitrogen and oxygen atoms in total. The van der Waals surface area contributed by atoms with Crippen molar-refractivity contribution in [3.8, 4) is 11.6 Å². The Kier molecular flexibility index (Phi) is 4.98. The number of nitrogens with one attached hydrogen (secondary N) is 1. The Morgan fingerprint density at radius 1 is 0.966 bits per heavy atom. The summed E-state index contributed by atoms with van der Waals surface area (Å²) in [5.74, 6) is 1.44. The molecule has 0 bridgehead atoms. The maximum absolute atomic E-state index is 11.5. The van der Waals surface area contributed by atoms with Gasteiger partial charge in [0.05, 0.1) is 17.9 Å². The number of carbonyl (C=O) groups is 1. The molecule has 4 rings (SSSR count). The van der Waals surface area contributed by atoms with Crippen LogP contribution in [0, 0.1) is 0 Å². The van der Waals surface area contributed by atoms with E-state index in [4.69, 9.17) is 4.74 Å². The lowest BCUT2D eigenvalue weighted by molar-refractivity contribution is 0.0957. The normalized spacial score (nSPS) is 10.6. The van der Waals surface area contributed by atoms with Gasteiger partial charge in [0.15, 0.2) is 0 Å². The minimum absolute atomic E-state index is 0.230. The molecule has 0 aliphatic rings. The van der Waals surface area contributed by atoms with Gasteiger partial charge in [-0.2, -0.15) is 0 Å². The van der Waals surface area contributed by atoms with E-state index in [-0.39, 0.29) is 11.6 Å². The fourth-order valence-corrected chi connectivity index (χ4v) is 2.85. The highest BCUT2D eigenvalue weighted by Crippen LogP contribution is 2.29. The molecule has 2 heterocycles. The van der Waals surface area contributed by atoms with Crippen molar-refractivity contribution in [3.63, 3.8) is 0 Å². The predicted molar refractivity (Wildman–Crippen MR) is 110 cm³/mol. The van der Waals surface area contributed by atoms with Crippen molar-refractivity contribution < 1.29 is 9.53 Å². The maximum atomic E-state index is 11.5. The fraction of sp³-hybridized carbons (Fsp3) is 0.0952. The summed E-state index contributed by atoms with van der Waals surface area (Å²) in [5.41, 5.74) is 2.07. The van der Waals surface area contributed by atoms with Crippen LogP contribution in [0.5, 0.6) is 11.6 Å². The third kappa shape index (κ3) is 3.81. The molecule has 0 aliphatic carbocycles. The highest BCUT2D eigenvalue weighted by Gasteiger charge is 2.11. The van der Waals surface area contributed by atoms with Crippen molar-refractivity contribution >= 4 is 28.3 Å². The second-order valence-electron chi connectivity index (χ2n) is 6.19. The van der Waals surface area contributed by atoms with Crippen molar-refractivity contribution in [3.05, 3.63) is 72.9 Å². The lowest BCUT2D eigenvalue weighted by Gasteiger charge is -2.20. The molecule has 2 aromatic heterocycles. The Morgan fingerprint density at radius 3 is 2.48 bits per heavy atom. The summed E-state index contributed by atoms with van der Waals surface area (Å²) in [6.45, 7) is 0. The number of amides is 1. The van der Waals surface area contributed by atoms with Gasteiger partial charge in [-0.25, -0.2) is 19.9 Å². The quantitative estimate of drug-likeness (QED) is 0.562. The molecule has 8 heteroatoms. The number of anilines is 2. The summed E-state index contributed by atoms with van der Waals surface area (Å²) < 4.78 is 5.71. The summed E-state index contributed by atoms with van der Waals surface area (Å²) in [4.78, 5) is 30.4. The number of carbonyl (C=O) groups excluding carboxylic acids is 1. The van der Waals surface area contributed by atoms with E-state index in [1.807, 2.05) is 60.5 Å². The first-order valence-electron chi connectivity index (χ1n) is 8.91. The lowest BCUT2D eigenvalue weighted by atomic mass is 10.2. The highest BCUT2D eigenvalue weighted by molar-refractivity contribution is 5.92. The van der Waals surface area contributed by atoms with Gasteiger partial charge in [-0.3, -0.25) is 4.79 Å². The summed E-state index contributed by atoms with van der Waals surface area (Å²) in [6.07, 6.45) is 4.35. The van der Waals surface area contributed by atoms with Crippen LogP contribution in [0.2, 0.25) is 0 Å². The van der Waals surface area contributed by atoms with Gasteiger partial charge in [0, 0.05) is 25.2 Å². The molecule has 1 amide bonds. The minimum Gasteiger partial charge on any atom is -0.438 e. The van der Waals surface area contributed by atoms with E-state index in [1.165, 1.54) is 19.4 Å². The monoisotopic (exact) mass is 386 g/mol. The molecule has 1 N–H and O–H groups in total. The van der Waals surface area contributed by atoms with Gasteiger partial charge in [-0.15, -0.1) is 0 Å². The molecule has 0 saturated carbocycles. The van der Waals surface area contributed by atoms with E-state index in [0.29, 0.717) is 11.6 Å². The van der Waals surface area contributed by atoms with Crippen LogP contribution in [0.4, 0.5) is 11.5 Å². The number of rotatable bonds is 5. The number of hydrogen-bond donors (Lipinski definition) is 1. The van der Waals surface area contributed by atoms with Gasteiger partial charge in [0.2, 0.25) is 5.88 Å². The summed E-state index contributed by atoms with van der Waals surface area (Å²) in [5, 5.41) is 3.47. The Labute approximate surface area is 167 Å². The summed E-state index contributed by atoms with van der Waals surface area (Å²) in [7, 11) is 3.49. The number of aromatic nitrogens is 4. The molecular formula is C21H18N6O2. The van der Waals surface area contributed by atoms with Crippen LogP contribution >= 0.6 is 0 Å². The molecule has 0 radical (unpaired) electrons. The van der Waals surface area contributed by atoms with Crippen molar-refractivity contribution in [2.24, 2.45) is 0 Å². The number of hydrogen-bond acceptors (Lipinski definition) is 7. The predicted octanol–water partition coefficient (Wildman–Crippen LogP) is 3.34. The van der Waals surface area contributed by atoms with Crippen LogP contribution in [0.25, 0.3) is 10.9 Å². The second kappa shape index (κ2) is 7.89. The van der Waals surface area contributed by atoms with Crippen LogP contribution < -0.4 is 15.0 Å². The van der Waals surface area contributed by atoms with Crippen molar-refractivity contribution in [2.45, 2.75) is 0 Å². The average molecular weight is 386 g/mol. The first-order chi connectivity index (χ1) is 14.2. The number of benzene rings is 2. The zero-order valence-corrected chi connectivity index (χ0v) is 15.9. The lowest BCUT2D eigenvalue weighted by Crippen LogP contribution is -2.19. The second-order valence-corrected chi connectivity index (χ2v) is 6.19. The van der Waals surface area contributed by atoms with Crippen LogP contribution in [-0.2, 0) is 0 Å². The molecule has 29 heavy (non-hydrogen) atoms. The molecule has 0 aliphatic heterocycles. The fourth-order valence-electron chi connectivity index (χ4n) is 2.85. The summed E-state index contributed by atoms with van der Waals surface area (Å²) >= 11 is 0. The smallest absolute Gasteiger partial charge is 0.271 e. The maximum Gasteiger partial charge on any atom is 0.271 e. The Morgan fingerprint density at radius 2 is 1.76 bits per heavy atom. The van der Waals surface area contributed by atoms with Crippen molar-refractivity contribution in [1.29, 1.82) is 0 Å². The third-order valence-electron chi connectivity index (χ3n) is 4.37. The largest absolute Gasteiger partial charge is 0.438 e. The van der Waals surface area contributed by atoms with E-state index in [1.54, 1.807) is 6.33 Å². The first-order valence-corrected chi connectivity index (χ1v) is 8.91. The standard InChI is InChI=1S/C21H18N6O2/c1-22-21(28)18-11-24-19(12-23-18)29-15-9-7-14(8-10-15)27(2)20-16-5-3-4-6-17(16)25-13-26-20/h3-13H,1-2H3,(H,22,28). The molecular weight excluding hydrogens is 368 g/mol. The van der Waals surface area contributed by atoms with E-state index in [9.17, 15) is 4.79 Å². The highest BCUT2D eigenvalue weighted by atomic mass is 16.5. The first kappa shape index (κ1) is 18.3. The van der Waals surface area contributed by atoms with Gasteiger partial charge in [-0.05, 0) is 36.4 Å². The van der Waals surface area contributed by atoms with E-state index in [0.717, 1.165) is 22.4 Å². The number of ether oxygens (including phenoxy) is 1. The Bertz CT molecular complexity index is 1140. The Balaban J connectivity index is 1.52. The van der Waals surface area contributed by atoms with E-state index in [2.05, 4.69) is 25.3 Å². The summed E-state index contributed by atoms with van der Waals surface area (Å²) in [6, 6.07) is 15.4. The molecule has 0 saturated heterocycles. The van der Waals surface area contributed by atoms with Crippen LogP contribution in [0.15, 0.2) is 67.3 Å². The van der Waals surface area contributed by atoms with Gasteiger partial charge in [0.1, 0.15) is 23.6 Å². The molecule has 0 atom stereocenters. The third-order valence-corrected chi connectivity index (χ3v) is 4.37. The molecule has 0 spiro atoms. The van der Waals surface area contributed by atoms with Crippen molar-refractivity contribution in [1.82, 2.24) is 25.3 Å². The van der Waals surface area contributed by atoms with E-state index < -0.39 is 0 Å². The van der Waals surface area contributed by atoms with Gasteiger partial charge >= 0.3 is 0 Å². The van der Waals surface area contributed by atoms with Crippen LogP contribution in [0.1, 0.15) is 10.5 Å². The van der Waals surface area contributed by atoms with E-state index >= 15 is 0 Å². The molecule has 0 unspecified atom stereocenters. The molecule has 4 aromatic rings. The average Bonchev–Trinajstić information content (AvgIpc) is 2.78. The van der Waals surface area contributed by atoms with Crippen LogP contribution in [0.3, 0.4) is 0 Å². The molecule has 144 valence electrons. The van der Waals surface area contributed by atoms with Crippen molar-refractivity contribution in [2.75, 3.05) is 19.0 Å². The zero-order chi connectivity index (χ0) is 20.2. The van der Waals surface area contributed by atoms with Gasteiger partial charge < -0.3 is 15.0 Å². The van der Waals surface area contributed by atoms with Gasteiger partial charge in [0.25, 0.3) is 5.91 Å². The van der Waals surface area contributed by atoms with Gasteiger partial charge in [-0.1, -0.05) is 12.1 Å². The minimum atomic E-state index is -0.298. The SMILES string of the molecule is CNC(=O)c1cnc(Oc2ccc(N(C)c3ncnc4ccccc34)cc2)cn1. The Hall–Kier alpha value is -4.07. The number of fused-ring (bicyclic) bond motifs is 1. The zero-order valence-electron chi connectivity index (χ0n) is 15.9. The topological polar surface area (TPSA) is 93.1 Å². The molecule has 0 fully saturated rings. The number of para-hydroxylation sites is 1.